The van der Waals surface area contributed by atoms with Gasteiger partial charge in [-0.25, -0.2) is 0 Å². The molecule has 0 aromatic heterocycles. The number of likely N-dealkylation sites (N-methyl/N-ethyl adjacent to an activating group) is 1. The summed E-state index contributed by atoms with van der Waals surface area (Å²) in [6.45, 7) is 0.586. The summed E-state index contributed by atoms with van der Waals surface area (Å²) in [5.41, 5.74) is 3.09. The van der Waals surface area contributed by atoms with E-state index < -0.39 is 0 Å². The van der Waals surface area contributed by atoms with Crippen molar-refractivity contribution in [3.05, 3.63) is 95.6 Å². The molecule has 148 valence electrons. The molecule has 4 rings (SSSR count). The second-order valence-corrected chi connectivity index (χ2v) is 7.66. The van der Waals surface area contributed by atoms with Crippen LogP contribution in [0, 0.1) is 0 Å². The number of hydrogen-bond donors (Lipinski definition) is 1. The van der Waals surface area contributed by atoms with Crippen LogP contribution in [0.4, 0.5) is 0 Å². The Hall–Kier alpha value is -3.11. The zero-order valence-electron chi connectivity index (χ0n) is 16.8. The molecular weight excluding hydrogens is 360 g/mol. The smallest absolute Gasteiger partial charge is 0.232 e. The highest BCUT2D eigenvalue weighted by Crippen LogP contribution is 2.43. The lowest BCUT2D eigenvalue weighted by Crippen LogP contribution is -2.43. The highest BCUT2D eigenvalue weighted by atomic mass is 16.5. The Balaban J connectivity index is 1.54. The first kappa shape index (κ1) is 19.2. The largest absolute Gasteiger partial charge is 0.457 e. The molecule has 1 aliphatic rings. The van der Waals surface area contributed by atoms with Gasteiger partial charge in [0.25, 0.3) is 0 Å². The minimum absolute atomic E-state index is 0.00751. The number of nitrogens with zero attached hydrogens (tertiary/aromatic N) is 1. The quantitative estimate of drug-likeness (QED) is 0.690. The normalized spacial score (nSPS) is 13.9. The highest BCUT2D eigenvalue weighted by molar-refractivity contribution is 5.89. The standard InChI is InChI=1S/C25H26N2O2/c1-27(2)19(16-18-10-4-3-5-11-18)17-26-25(28)24-20-12-6-8-14-22(20)29-23-15-9-7-13-21(23)24/h3-15,19,24H,16-17H2,1-2H3,(H,26,28). The number of rotatable bonds is 6. The second-order valence-electron chi connectivity index (χ2n) is 7.66. The minimum atomic E-state index is -0.365. The van der Waals surface area contributed by atoms with Crippen LogP contribution in [0.3, 0.4) is 0 Å². The average molecular weight is 386 g/mol. The van der Waals surface area contributed by atoms with E-state index in [4.69, 9.17) is 4.74 Å². The molecule has 29 heavy (non-hydrogen) atoms. The lowest BCUT2D eigenvalue weighted by atomic mass is 9.87. The summed E-state index contributed by atoms with van der Waals surface area (Å²) in [5, 5.41) is 3.20. The molecule has 0 radical (unpaired) electrons. The molecule has 0 saturated heterocycles. The van der Waals surface area contributed by atoms with Crippen LogP contribution in [0.15, 0.2) is 78.9 Å². The first-order chi connectivity index (χ1) is 14.1. The van der Waals surface area contributed by atoms with Gasteiger partial charge in [-0.05, 0) is 38.2 Å². The summed E-state index contributed by atoms with van der Waals surface area (Å²) in [6, 6.07) is 26.2. The van der Waals surface area contributed by atoms with Crippen molar-refractivity contribution >= 4 is 5.91 Å². The Labute approximate surface area is 172 Å². The SMILES string of the molecule is CN(C)C(CNC(=O)C1c2ccccc2Oc2ccccc21)Cc1ccccc1. The molecule has 4 nitrogen and oxygen atoms in total. The predicted molar refractivity (Wildman–Crippen MR) is 115 cm³/mol. The van der Waals surface area contributed by atoms with Crippen molar-refractivity contribution in [1.29, 1.82) is 0 Å². The average Bonchev–Trinajstić information content (AvgIpc) is 2.75. The van der Waals surface area contributed by atoms with Crippen molar-refractivity contribution in [3.8, 4) is 11.5 Å². The number of amides is 1. The van der Waals surface area contributed by atoms with Crippen molar-refractivity contribution in [1.82, 2.24) is 10.2 Å². The highest BCUT2D eigenvalue weighted by Gasteiger charge is 2.32. The second kappa shape index (κ2) is 8.50. The first-order valence-electron chi connectivity index (χ1n) is 9.97. The Morgan fingerprint density at radius 1 is 0.897 bits per heavy atom. The Kier molecular flexibility index (Phi) is 5.63. The topological polar surface area (TPSA) is 41.6 Å². The van der Waals surface area contributed by atoms with E-state index in [2.05, 4.69) is 48.6 Å². The number of hydrogen-bond acceptors (Lipinski definition) is 3. The van der Waals surface area contributed by atoms with Crippen molar-refractivity contribution in [3.63, 3.8) is 0 Å². The van der Waals surface area contributed by atoms with Crippen LogP contribution in [0.1, 0.15) is 22.6 Å². The molecule has 0 saturated carbocycles. The van der Waals surface area contributed by atoms with Gasteiger partial charge in [-0.1, -0.05) is 66.7 Å². The summed E-state index contributed by atoms with van der Waals surface area (Å²) >= 11 is 0. The molecule has 4 heteroatoms. The minimum Gasteiger partial charge on any atom is -0.457 e. The number of nitrogens with one attached hydrogen (secondary N) is 1. The van der Waals surface area contributed by atoms with Crippen LogP contribution in [-0.2, 0) is 11.2 Å². The van der Waals surface area contributed by atoms with Crippen LogP contribution >= 0.6 is 0 Å². The third-order valence-corrected chi connectivity index (χ3v) is 5.50. The summed E-state index contributed by atoms with van der Waals surface area (Å²) in [7, 11) is 4.11. The first-order valence-corrected chi connectivity index (χ1v) is 9.97. The summed E-state index contributed by atoms with van der Waals surface area (Å²) < 4.78 is 6.01. The lowest BCUT2D eigenvalue weighted by molar-refractivity contribution is -0.122. The summed E-state index contributed by atoms with van der Waals surface area (Å²) in [5.74, 6) is 1.14. The van der Waals surface area contributed by atoms with Gasteiger partial charge in [0, 0.05) is 23.7 Å². The number of benzene rings is 3. The number of fused-ring (bicyclic) bond motifs is 2. The predicted octanol–water partition coefficient (Wildman–Crippen LogP) is 4.21. The van der Waals surface area contributed by atoms with Gasteiger partial charge in [0.15, 0.2) is 0 Å². The molecule has 1 aliphatic heterocycles. The van der Waals surface area contributed by atoms with Gasteiger partial charge in [-0.3, -0.25) is 4.79 Å². The fourth-order valence-corrected chi connectivity index (χ4v) is 3.84. The van der Waals surface area contributed by atoms with Crippen molar-refractivity contribution in [2.75, 3.05) is 20.6 Å². The third-order valence-electron chi connectivity index (χ3n) is 5.50. The van der Waals surface area contributed by atoms with E-state index in [0.717, 1.165) is 29.0 Å². The van der Waals surface area contributed by atoms with E-state index in [0.29, 0.717) is 6.54 Å². The van der Waals surface area contributed by atoms with Gasteiger partial charge in [0.2, 0.25) is 5.91 Å². The fraction of sp³-hybridized carbons (Fsp3) is 0.240. The van der Waals surface area contributed by atoms with E-state index in [-0.39, 0.29) is 17.9 Å². The lowest BCUT2D eigenvalue weighted by Gasteiger charge is -2.29. The van der Waals surface area contributed by atoms with Crippen LogP contribution in [0.5, 0.6) is 11.5 Å². The van der Waals surface area contributed by atoms with Gasteiger partial charge < -0.3 is 15.0 Å². The monoisotopic (exact) mass is 386 g/mol. The van der Waals surface area contributed by atoms with Gasteiger partial charge in [-0.15, -0.1) is 0 Å². The van der Waals surface area contributed by atoms with Crippen molar-refractivity contribution in [2.24, 2.45) is 0 Å². The van der Waals surface area contributed by atoms with E-state index in [9.17, 15) is 4.79 Å². The molecule has 1 atom stereocenters. The molecule has 3 aromatic rings. The summed E-state index contributed by atoms with van der Waals surface area (Å²) in [4.78, 5) is 15.5. The van der Waals surface area contributed by atoms with Crippen LogP contribution < -0.4 is 10.1 Å². The van der Waals surface area contributed by atoms with Gasteiger partial charge >= 0.3 is 0 Å². The molecule has 3 aromatic carbocycles. The third kappa shape index (κ3) is 4.17. The summed E-state index contributed by atoms with van der Waals surface area (Å²) in [6.07, 6.45) is 0.884. The maximum Gasteiger partial charge on any atom is 0.232 e. The van der Waals surface area contributed by atoms with Crippen molar-refractivity contribution < 1.29 is 9.53 Å². The van der Waals surface area contributed by atoms with Gasteiger partial charge in [0.05, 0.1) is 5.92 Å². The van der Waals surface area contributed by atoms with E-state index >= 15 is 0 Å². The van der Waals surface area contributed by atoms with Crippen LogP contribution in [-0.4, -0.2) is 37.5 Å². The fourth-order valence-electron chi connectivity index (χ4n) is 3.84. The number of para-hydroxylation sites is 2. The molecule has 1 amide bonds. The number of carbonyl (C=O) groups is 1. The molecule has 0 fully saturated rings. The number of carbonyl (C=O) groups excluding carboxylic acids is 1. The van der Waals surface area contributed by atoms with Crippen molar-refractivity contribution in [2.45, 2.75) is 18.4 Å². The molecule has 0 aliphatic carbocycles. The Morgan fingerprint density at radius 2 is 1.45 bits per heavy atom. The Bertz CT molecular complexity index is 939. The van der Waals surface area contributed by atoms with Crippen LogP contribution in [0.25, 0.3) is 0 Å². The van der Waals surface area contributed by atoms with Crippen LogP contribution in [0.2, 0.25) is 0 Å². The van der Waals surface area contributed by atoms with E-state index in [1.54, 1.807) is 0 Å². The van der Waals surface area contributed by atoms with Gasteiger partial charge in [-0.2, -0.15) is 0 Å². The zero-order chi connectivity index (χ0) is 20.2. The molecule has 0 spiro atoms. The molecule has 1 heterocycles. The van der Waals surface area contributed by atoms with E-state index in [1.807, 2.05) is 54.6 Å². The van der Waals surface area contributed by atoms with E-state index in [1.165, 1.54) is 5.56 Å². The maximum atomic E-state index is 13.3. The Morgan fingerprint density at radius 3 is 2.03 bits per heavy atom. The molecule has 1 unspecified atom stereocenters. The molecule has 0 bridgehead atoms. The zero-order valence-corrected chi connectivity index (χ0v) is 16.8. The maximum absolute atomic E-state index is 13.3. The molecular formula is C25H26N2O2. The van der Waals surface area contributed by atoms with Gasteiger partial charge in [0.1, 0.15) is 11.5 Å². The molecule has 1 N–H and O–H groups in total. The number of ether oxygens (including phenoxy) is 1.